The number of carbonyl (C=O) groups is 1. The molecule has 0 aliphatic carbocycles. The van der Waals surface area contributed by atoms with E-state index in [0.717, 1.165) is 29.8 Å². The Hall–Kier alpha value is -1.48. The van der Waals surface area contributed by atoms with Crippen LogP contribution in [0, 0.1) is 12.8 Å². The average Bonchev–Trinajstić information content (AvgIpc) is 3.46. The summed E-state index contributed by atoms with van der Waals surface area (Å²) >= 11 is 7.47. The lowest BCUT2D eigenvalue weighted by Crippen LogP contribution is -2.29. The third kappa shape index (κ3) is 13.2. The number of β-amino-alcohol motifs (C(OH)–C–C–N with tert-alkyl or cyclic N) is 1. The summed E-state index contributed by atoms with van der Waals surface area (Å²) in [4.78, 5) is 9.59. The summed E-state index contributed by atoms with van der Waals surface area (Å²) in [5.41, 5.74) is 2.52. The number of hydrogen-bond acceptors (Lipinski definition) is 6. The predicted octanol–water partition coefficient (Wildman–Crippen LogP) is 4.01. The van der Waals surface area contributed by atoms with Gasteiger partial charge in [-0.05, 0) is 89.4 Å². The van der Waals surface area contributed by atoms with Crippen LogP contribution in [0.15, 0.2) is 36.4 Å². The summed E-state index contributed by atoms with van der Waals surface area (Å²) in [5, 5.41) is 25.1. The number of aliphatic hydroxyl groups excluding tert-OH is 1. The Labute approximate surface area is 201 Å². The lowest BCUT2D eigenvalue weighted by molar-refractivity contribution is -0.122. The summed E-state index contributed by atoms with van der Waals surface area (Å²) in [5.74, 6) is 0.980. The number of nitrogens with one attached hydrogen (secondary N) is 3. The number of aliphatic hydroxyl groups is 1. The lowest BCUT2D eigenvalue weighted by Gasteiger charge is -2.22. The van der Waals surface area contributed by atoms with E-state index in [2.05, 4.69) is 53.2 Å². The Morgan fingerprint density at radius 2 is 1.72 bits per heavy atom. The first-order chi connectivity index (χ1) is 15.5. The molecule has 6 nitrogen and oxygen atoms in total. The largest absolute Gasteiger partial charge is 0.483 e. The second-order valence-corrected chi connectivity index (χ2v) is 9.52. The van der Waals surface area contributed by atoms with Crippen molar-refractivity contribution in [1.82, 2.24) is 16.0 Å². The molecule has 0 radical (unpaired) electrons. The highest BCUT2D eigenvalue weighted by atomic mass is 35.5. The number of halogens is 1. The molecule has 0 saturated carbocycles. The first-order valence-electron chi connectivity index (χ1n) is 11.1. The summed E-state index contributed by atoms with van der Waals surface area (Å²) in [6.07, 6.45) is 4.98. The monoisotopic (exact) mass is 483 g/mol. The smallest absolute Gasteiger partial charge is 0.290 e. The van der Waals surface area contributed by atoms with E-state index < -0.39 is 0 Å². The van der Waals surface area contributed by atoms with Gasteiger partial charge in [0.15, 0.2) is 0 Å². The molecule has 1 aromatic heterocycles. The first-order valence-corrected chi connectivity index (χ1v) is 12.3. The van der Waals surface area contributed by atoms with E-state index >= 15 is 0 Å². The van der Waals surface area contributed by atoms with Gasteiger partial charge in [0.05, 0.1) is 10.4 Å². The molecule has 180 valence electrons. The minimum Gasteiger partial charge on any atom is -0.483 e. The third-order valence-corrected chi connectivity index (χ3v) is 6.49. The van der Waals surface area contributed by atoms with Crippen molar-refractivity contribution in [3.8, 4) is 10.4 Å². The van der Waals surface area contributed by atoms with Gasteiger partial charge in [-0.15, -0.1) is 11.3 Å². The van der Waals surface area contributed by atoms with Crippen LogP contribution in [0.1, 0.15) is 31.2 Å². The number of aryl methyl sites for hydroxylation is 1. The van der Waals surface area contributed by atoms with Gasteiger partial charge in [-0.2, -0.15) is 0 Å². The SMILES string of the molecule is CNCCC1CCNCC1.Cc1ccc(-c2ccc(Cl)s2)cc1.O=CO.OC1CCNC1. The topological polar surface area (TPSA) is 93.6 Å². The molecule has 2 aromatic rings. The highest BCUT2D eigenvalue weighted by molar-refractivity contribution is 7.19. The summed E-state index contributed by atoms with van der Waals surface area (Å²) < 4.78 is 0.843. The Bertz CT molecular complexity index is 716. The molecule has 8 heteroatoms. The Morgan fingerprint density at radius 1 is 1.09 bits per heavy atom. The molecule has 2 aliphatic heterocycles. The normalized spacial score (nSPS) is 17.7. The number of carboxylic acid groups (broad SMARTS) is 1. The Morgan fingerprint density at radius 3 is 2.16 bits per heavy atom. The molecule has 32 heavy (non-hydrogen) atoms. The van der Waals surface area contributed by atoms with Crippen LogP contribution >= 0.6 is 22.9 Å². The van der Waals surface area contributed by atoms with Gasteiger partial charge in [0.25, 0.3) is 6.47 Å². The van der Waals surface area contributed by atoms with Gasteiger partial charge in [-0.1, -0.05) is 41.4 Å². The van der Waals surface area contributed by atoms with Gasteiger partial charge in [0.2, 0.25) is 0 Å². The molecule has 5 N–H and O–H groups in total. The van der Waals surface area contributed by atoms with Gasteiger partial charge < -0.3 is 26.2 Å². The second kappa shape index (κ2) is 18.0. The average molecular weight is 484 g/mol. The molecule has 0 bridgehead atoms. The van der Waals surface area contributed by atoms with Crippen LogP contribution in [0.25, 0.3) is 10.4 Å². The Kier molecular flexibility index (Phi) is 16.1. The van der Waals surface area contributed by atoms with E-state index in [1.54, 1.807) is 11.3 Å². The van der Waals surface area contributed by atoms with Crippen molar-refractivity contribution in [2.24, 2.45) is 5.92 Å². The first kappa shape index (κ1) is 28.6. The molecule has 2 fully saturated rings. The number of thiophene rings is 1. The van der Waals surface area contributed by atoms with E-state index in [0.29, 0.717) is 0 Å². The zero-order valence-corrected chi connectivity index (χ0v) is 20.7. The highest BCUT2D eigenvalue weighted by Crippen LogP contribution is 2.30. The van der Waals surface area contributed by atoms with Crippen molar-refractivity contribution >= 4 is 29.4 Å². The molecule has 2 saturated heterocycles. The van der Waals surface area contributed by atoms with Gasteiger partial charge in [0.1, 0.15) is 0 Å². The lowest BCUT2D eigenvalue weighted by atomic mass is 9.95. The molecule has 1 unspecified atom stereocenters. The molecule has 3 heterocycles. The van der Waals surface area contributed by atoms with Gasteiger partial charge in [-0.25, -0.2) is 0 Å². The fourth-order valence-corrected chi connectivity index (χ4v) is 4.39. The second-order valence-electron chi connectivity index (χ2n) is 7.81. The van der Waals surface area contributed by atoms with Crippen LogP contribution in [0.5, 0.6) is 0 Å². The van der Waals surface area contributed by atoms with E-state index in [1.807, 2.05) is 13.1 Å². The molecule has 0 spiro atoms. The quantitative estimate of drug-likeness (QED) is 0.422. The van der Waals surface area contributed by atoms with Crippen molar-refractivity contribution in [1.29, 1.82) is 0 Å². The molecule has 1 aromatic carbocycles. The van der Waals surface area contributed by atoms with Crippen LogP contribution in [-0.4, -0.2) is 62.6 Å². The van der Waals surface area contributed by atoms with Crippen molar-refractivity contribution in [3.63, 3.8) is 0 Å². The van der Waals surface area contributed by atoms with Crippen molar-refractivity contribution < 1.29 is 15.0 Å². The maximum Gasteiger partial charge on any atom is 0.290 e. The molecular formula is C24H38ClN3O3S. The maximum atomic E-state index is 8.67. The molecule has 0 amide bonds. The molecular weight excluding hydrogens is 446 g/mol. The van der Waals surface area contributed by atoms with Crippen LogP contribution in [0.4, 0.5) is 0 Å². The van der Waals surface area contributed by atoms with Crippen LogP contribution in [-0.2, 0) is 4.79 Å². The van der Waals surface area contributed by atoms with Crippen LogP contribution < -0.4 is 16.0 Å². The highest BCUT2D eigenvalue weighted by Gasteiger charge is 2.11. The van der Waals surface area contributed by atoms with E-state index in [9.17, 15) is 0 Å². The number of piperidine rings is 1. The fraction of sp³-hybridized carbons (Fsp3) is 0.542. The van der Waals surface area contributed by atoms with Gasteiger partial charge >= 0.3 is 0 Å². The van der Waals surface area contributed by atoms with Crippen molar-refractivity contribution in [3.05, 3.63) is 46.3 Å². The summed E-state index contributed by atoms with van der Waals surface area (Å²) in [6, 6.07) is 12.5. The van der Waals surface area contributed by atoms with Crippen molar-refractivity contribution in [2.75, 3.05) is 39.8 Å². The summed E-state index contributed by atoms with van der Waals surface area (Å²) in [7, 11) is 2.03. The van der Waals surface area contributed by atoms with Crippen molar-refractivity contribution in [2.45, 2.75) is 38.7 Å². The fourth-order valence-electron chi connectivity index (χ4n) is 3.35. The van der Waals surface area contributed by atoms with E-state index in [1.165, 1.54) is 54.9 Å². The predicted molar refractivity (Wildman–Crippen MR) is 136 cm³/mol. The molecule has 1 atom stereocenters. The minimum atomic E-state index is -0.250. The van der Waals surface area contributed by atoms with Crippen LogP contribution in [0.3, 0.4) is 0 Å². The number of rotatable bonds is 4. The third-order valence-electron chi connectivity index (χ3n) is 5.20. The van der Waals surface area contributed by atoms with Gasteiger partial charge in [0, 0.05) is 11.4 Å². The zero-order chi connectivity index (χ0) is 23.6. The summed E-state index contributed by atoms with van der Waals surface area (Å²) in [6.45, 7) is 7.26. The number of hydrogen-bond donors (Lipinski definition) is 5. The standard InChI is InChI=1S/C11H9ClS.C8H18N2.C4H9NO.CH2O2/c1-8-2-4-9(5-3-8)10-6-7-11(12)13-10;1-9-5-2-8-3-6-10-7-4-8;6-4-1-2-5-3-4;2-1-3/h2-7H,1H3;8-10H,2-7H2,1H3;4-6H,1-3H2;1H,(H,2,3). The van der Waals surface area contributed by atoms with E-state index in [4.69, 9.17) is 26.6 Å². The number of benzene rings is 1. The minimum absolute atomic E-state index is 0.0648. The van der Waals surface area contributed by atoms with Crippen LogP contribution in [0.2, 0.25) is 4.34 Å². The van der Waals surface area contributed by atoms with Gasteiger partial charge in [-0.3, -0.25) is 4.79 Å². The maximum absolute atomic E-state index is 8.67. The Balaban J connectivity index is 0.000000239. The molecule has 4 rings (SSSR count). The van der Waals surface area contributed by atoms with E-state index in [-0.39, 0.29) is 12.6 Å². The zero-order valence-electron chi connectivity index (χ0n) is 19.1. The molecule has 2 aliphatic rings.